The van der Waals surface area contributed by atoms with E-state index < -0.39 is 0 Å². The predicted octanol–water partition coefficient (Wildman–Crippen LogP) is 1.81. The van der Waals surface area contributed by atoms with Crippen molar-refractivity contribution in [3.05, 3.63) is 0 Å². The van der Waals surface area contributed by atoms with Gasteiger partial charge < -0.3 is 9.64 Å². The van der Waals surface area contributed by atoms with Gasteiger partial charge in [0.15, 0.2) is 0 Å². The highest BCUT2D eigenvalue weighted by molar-refractivity contribution is 5.76. The van der Waals surface area contributed by atoms with Crippen LogP contribution in [0.2, 0.25) is 0 Å². The maximum atomic E-state index is 11.9. The third kappa shape index (κ3) is 2.94. The second-order valence-electron chi connectivity index (χ2n) is 4.93. The molecule has 15 heavy (non-hydrogen) atoms. The number of hydrogen-bond acceptors (Lipinski definition) is 2. The van der Waals surface area contributed by atoms with Crippen molar-refractivity contribution in [1.29, 1.82) is 0 Å². The third-order valence-corrected chi connectivity index (χ3v) is 3.44. The summed E-state index contributed by atoms with van der Waals surface area (Å²) in [6.07, 6.45) is 5.42. The molecule has 2 heterocycles. The molecule has 0 bridgehead atoms. The van der Waals surface area contributed by atoms with Crippen LogP contribution < -0.4 is 0 Å². The van der Waals surface area contributed by atoms with Crippen LogP contribution in [0, 0.1) is 5.92 Å². The zero-order valence-corrected chi connectivity index (χ0v) is 9.58. The number of nitrogens with zero attached hydrogens (tertiary/aromatic N) is 1. The van der Waals surface area contributed by atoms with Gasteiger partial charge in [-0.25, -0.2) is 0 Å². The Balaban J connectivity index is 1.78. The molecule has 0 spiro atoms. The van der Waals surface area contributed by atoms with Crippen molar-refractivity contribution < 1.29 is 9.53 Å². The largest absolute Gasteiger partial charge is 0.378 e. The first-order chi connectivity index (χ1) is 7.25. The van der Waals surface area contributed by atoms with E-state index in [2.05, 4.69) is 6.92 Å². The molecule has 2 rings (SSSR count). The Kier molecular flexibility index (Phi) is 3.62. The van der Waals surface area contributed by atoms with Crippen LogP contribution in [0.3, 0.4) is 0 Å². The molecule has 2 aliphatic rings. The van der Waals surface area contributed by atoms with E-state index >= 15 is 0 Å². The lowest BCUT2D eigenvalue weighted by Gasteiger charge is -2.31. The zero-order valence-electron chi connectivity index (χ0n) is 9.58. The van der Waals surface area contributed by atoms with Crippen molar-refractivity contribution in [1.82, 2.24) is 4.90 Å². The number of likely N-dealkylation sites (tertiary alicyclic amines) is 1. The van der Waals surface area contributed by atoms with Crippen molar-refractivity contribution in [2.45, 2.75) is 45.1 Å². The summed E-state index contributed by atoms with van der Waals surface area (Å²) < 4.78 is 5.49. The van der Waals surface area contributed by atoms with Gasteiger partial charge in [-0.2, -0.15) is 0 Å². The van der Waals surface area contributed by atoms with E-state index in [1.54, 1.807) is 0 Å². The molecule has 0 radical (unpaired) electrons. The van der Waals surface area contributed by atoms with Gasteiger partial charge in [-0.3, -0.25) is 4.79 Å². The standard InChI is InChI=1S/C12H21NO2/c1-10-4-2-6-13(9-10)12(14)8-11-5-3-7-15-11/h10-11H,2-9H2,1H3. The first-order valence-corrected chi connectivity index (χ1v) is 6.15. The lowest BCUT2D eigenvalue weighted by Crippen LogP contribution is -2.40. The van der Waals surface area contributed by atoms with Gasteiger partial charge in [-0.1, -0.05) is 6.92 Å². The first-order valence-electron chi connectivity index (χ1n) is 6.15. The number of carbonyl (C=O) groups excluding carboxylic acids is 1. The van der Waals surface area contributed by atoms with Crippen LogP contribution in [0.25, 0.3) is 0 Å². The highest BCUT2D eigenvalue weighted by Gasteiger charge is 2.25. The highest BCUT2D eigenvalue weighted by Crippen LogP contribution is 2.20. The van der Waals surface area contributed by atoms with Gasteiger partial charge in [0.25, 0.3) is 0 Å². The fraction of sp³-hybridized carbons (Fsp3) is 0.917. The molecule has 0 aliphatic carbocycles. The van der Waals surface area contributed by atoms with E-state index in [4.69, 9.17) is 4.74 Å². The maximum absolute atomic E-state index is 11.9. The molecular weight excluding hydrogens is 190 g/mol. The van der Waals surface area contributed by atoms with E-state index in [1.165, 1.54) is 12.8 Å². The molecule has 0 aromatic carbocycles. The molecule has 86 valence electrons. The van der Waals surface area contributed by atoms with Crippen molar-refractivity contribution >= 4 is 5.91 Å². The number of hydrogen-bond donors (Lipinski definition) is 0. The Bertz CT molecular complexity index is 224. The molecule has 2 unspecified atom stereocenters. The monoisotopic (exact) mass is 211 g/mol. The molecule has 0 aromatic heterocycles. The van der Waals surface area contributed by atoms with Crippen molar-refractivity contribution in [2.24, 2.45) is 5.92 Å². The van der Waals surface area contributed by atoms with E-state index in [-0.39, 0.29) is 6.10 Å². The third-order valence-electron chi connectivity index (χ3n) is 3.44. The lowest BCUT2D eigenvalue weighted by atomic mass is 9.99. The molecule has 0 aromatic rings. The summed E-state index contributed by atoms with van der Waals surface area (Å²) >= 11 is 0. The Morgan fingerprint density at radius 2 is 2.27 bits per heavy atom. The molecule has 2 fully saturated rings. The lowest BCUT2D eigenvalue weighted by molar-refractivity contribution is -0.135. The predicted molar refractivity (Wildman–Crippen MR) is 58.6 cm³/mol. The maximum Gasteiger partial charge on any atom is 0.225 e. The van der Waals surface area contributed by atoms with Crippen LogP contribution >= 0.6 is 0 Å². The van der Waals surface area contributed by atoms with Crippen molar-refractivity contribution in [2.75, 3.05) is 19.7 Å². The number of carbonyl (C=O) groups is 1. The average molecular weight is 211 g/mol. The quantitative estimate of drug-likeness (QED) is 0.697. The Morgan fingerprint density at radius 1 is 1.40 bits per heavy atom. The van der Waals surface area contributed by atoms with Gasteiger partial charge >= 0.3 is 0 Å². The molecule has 3 heteroatoms. The minimum Gasteiger partial charge on any atom is -0.378 e. The summed E-state index contributed by atoms with van der Waals surface area (Å²) in [5.74, 6) is 0.973. The van der Waals surface area contributed by atoms with E-state index in [1.807, 2.05) is 4.90 Å². The topological polar surface area (TPSA) is 29.5 Å². The van der Waals surface area contributed by atoms with Gasteiger partial charge in [-0.15, -0.1) is 0 Å². The van der Waals surface area contributed by atoms with Gasteiger partial charge in [0.1, 0.15) is 0 Å². The van der Waals surface area contributed by atoms with Crippen LogP contribution in [0.15, 0.2) is 0 Å². The molecule has 0 N–H and O–H groups in total. The van der Waals surface area contributed by atoms with Crippen molar-refractivity contribution in [3.8, 4) is 0 Å². The number of ether oxygens (including phenoxy) is 1. The summed E-state index contributed by atoms with van der Waals surface area (Å²) in [6, 6.07) is 0. The van der Waals surface area contributed by atoms with E-state index in [9.17, 15) is 4.79 Å². The molecule has 2 atom stereocenters. The fourth-order valence-corrected chi connectivity index (χ4v) is 2.55. The van der Waals surface area contributed by atoms with Gasteiger partial charge in [0, 0.05) is 19.7 Å². The second kappa shape index (κ2) is 4.97. The normalized spacial score (nSPS) is 31.9. The number of piperidine rings is 1. The Labute approximate surface area is 91.8 Å². The summed E-state index contributed by atoms with van der Waals surface area (Å²) in [7, 11) is 0. The van der Waals surface area contributed by atoms with Gasteiger partial charge in [0.05, 0.1) is 12.5 Å². The summed E-state index contributed by atoms with van der Waals surface area (Å²) in [5, 5.41) is 0. The summed E-state index contributed by atoms with van der Waals surface area (Å²) in [5.41, 5.74) is 0. The zero-order chi connectivity index (χ0) is 10.7. The SMILES string of the molecule is CC1CCCN(C(=O)CC2CCCO2)C1. The summed E-state index contributed by atoms with van der Waals surface area (Å²) in [6.45, 7) is 4.97. The molecule has 2 aliphatic heterocycles. The van der Waals surface area contributed by atoms with Crippen LogP contribution in [-0.2, 0) is 9.53 Å². The molecule has 3 nitrogen and oxygen atoms in total. The van der Waals surface area contributed by atoms with Crippen molar-refractivity contribution in [3.63, 3.8) is 0 Å². The second-order valence-corrected chi connectivity index (χ2v) is 4.93. The first kappa shape index (κ1) is 10.9. The number of amides is 1. The summed E-state index contributed by atoms with van der Waals surface area (Å²) in [4.78, 5) is 14.0. The Hall–Kier alpha value is -0.570. The van der Waals surface area contributed by atoms with Crippen LogP contribution in [-0.4, -0.2) is 36.6 Å². The minimum absolute atomic E-state index is 0.203. The van der Waals surface area contributed by atoms with E-state index in [0.717, 1.165) is 32.5 Å². The minimum atomic E-state index is 0.203. The van der Waals surface area contributed by atoms with Gasteiger partial charge in [-0.05, 0) is 31.6 Å². The molecule has 2 saturated heterocycles. The number of rotatable bonds is 2. The average Bonchev–Trinajstić information content (AvgIpc) is 2.70. The van der Waals surface area contributed by atoms with E-state index in [0.29, 0.717) is 18.2 Å². The van der Waals surface area contributed by atoms with Crippen LogP contribution in [0.4, 0.5) is 0 Å². The highest BCUT2D eigenvalue weighted by atomic mass is 16.5. The van der Waals surface area contributed by atoms with Gasteiger partial charge in [0.2, 0.25) is 5.91 Å². The van der Waals surface area contributed by atoms with Crippen LogP contribution in [0.5, 0.6) is 0 Å². The smallest absolute Gasteiger partial charge is 0.225 e. The molecular formula is C12H21NO2. The molecule has 1 amide bonds. The van der Waals surface area contributed by atoms with Crippen LogP contribution in [0.1, 0.15) is 39.0 Å². The Morgan fingerprint density at radius 3 is 2.93 bits per heavy atom. The fourth-order valence-electron chi connectivity index (χ4n) is 2.55. The molecule has 0 saturated carbocycles.